The molecule has 1 aromatic heterocycles. The molecule has 25 heavy (non-hydrogen) atoms. The average molecular weight is 370 g/mol. The molecule has 142 valence electrons. The third-order valence-corrected chi connectivity index (χ3v) is 4.86. The van der Waals surface area contributed by atoms with Gasteiger partial charge in [0.15, 0.2) is 11.1 Å². The molecule has 1 aliphatic rings. The highest BCUT2D eigenvalue weighted by Crippen LogP contribution is 2.18. The molecule has 2 N–H and O–H groups in total. The zero-order valence-corrected chi connectivity index (χ0v) is 16.4. The highest BCUT2D eigenvalue weighted by molar-refractivity contribution is 7.13. The SMILES string of the molecule is CCNC(=NCc1csc(N(C)C)n1)NCCCOCC1CCOC1. The molecular weight excluding hydrogens is 338 g/mol. The molecule has 0 spiro atoms. The molecule has 1 fully saturated rings. The Morgan fingerprint density at radius 1 is 1.48 bits per heavy atom. The summed E-state index contributed by atoms with van der Waals surface area (Å²) in [5.74, 6) is 1.41. The molecule has 2 heterocycles. The van der Waals surface area contributed by atoms with Crippen LogP contribution in [0.25, 0.3) is 0 Å². The van der Waals surface area contributed by atoms with Gasteiger partial charge in [-0.2, -0.15) is 0 Å². The van der Waals surface area contributed by atoms with Crippen molar-refractivity contribution in [3.8, 4) is 0 Å². The Balaban J connectivity index is 1.64. The van der Waals surface area contributed by atoms with Gasteiger partial charge in [0.2, 0.25) is 0 Å². The van der Waals surface area contributed by atoms with E-state index in [1.807, 2.05) is 19.0 Å². The molecule has 0 amide bonds. The van der Waals surface area contributed by atoms with Gasteiger partial charge in [-0.15, -0.1) is 11.3 Å². The molecule has 1 saturated heterocycles. The third kappa shape index (κ3) is 7.58. The summed E-state index contributed by atoms with van der Waals surface area (Å²) in [6.07, 6.45) is 2.08. The number of nitrogens with one attached hydrogen (secondary N) is 2. The van der Waals surface area contributed by atoms with E-state index in [0.717, 1.165) is 69.1 Å². The van der Waals surface area contributed by atoms with Crippen LogP contribution >= 0.6 is 11.3 Å². The van der Waals surface area contributed by atoms with Gasteiger partial charge in [-0.1, -0.05) is 0 Å². The number of anilines is 1. The average Bonchev–Trinajstić information content (AvgIpc) is 3.27. The first-order valence-electron chi connectivity index (χ1n) is 8.98. The summed E-state index contributed by atoms with van der Waals surface area (Å²) < 4.78 is 11.1. The largest absolute Gasteiger partial charge is 0.381 e. The van der Waals surface area contributed by atoms with E-state index in [1.165, 1.54) is 0 Å². The van der Waals surface area contributed by atoms with Gasteiger partial charge in [0.1, 0.15) is 0 Å². The Morgan fingerprint density at radius 3 is 3.04 bits per heavy atom. The first-order valence-corrected chi connectivity index (χ1v) is 9.86. The number of rotatable bonds is 10. The van der Waals surface area contributed by atoms with Crippen LogP contribution < -0.4 is 15.5 Å². The highest BCUT2D eigenvalue weighted by atomic mass is 32.1. The number of hydrogen-bond donors (Lipinski definition) is 2. The van der Waals surface area contributed by atoms with Crippen LogP contribution in [0.1, 0.15) is 25.5 Å². The molecule has 0 radical (unpaired) electrons. The monoisotopic (exact) mass is 369 g/mol. The van der Waals surface area contributed by atoms with Crippen LogP contribution in [-0.4, -0.2) is 64.6 Å². The van der Waals surface area contributed by atoms with Crippen LogP contribution in [0.15, 0.2) is 10.4 Å². The summed E-state index contributed by atoms with van der Waals surface area (Å²) >= 11 is 1.64. The van der Waals surface area contributed by atoms with Gasteiger partial charge in [-0.3, -0.25) is 0 Å². The van der Waals surface area contributed by atoms with Crippen molar-refractivity contribution in [3.05, 3.63) is 11.1 Å². The number of hydrogen-bond acceptors (Lipinski definition) is 6. The number of ether oxygens (including phenoxy) is 2. The zero-order valence-electron chi connectivity index (χ0n) is 15.6. The fraction of sp³-hybridized carbons (Fsp3) is 0.765. The van der Waals surface area contributed by atoms with Gasteiger partial charge in [-0.25, -0.2) is 9.98 Å². The Hall–Kier alpha value is -1.38. The highest BCUT2D eigenvalue weighted by Gasteiger charge is 2.15. The maximum Gasteiger partial charge on any atom is 0.191 e. The summed E-state index contributed by atoms with van der Waals surface area (Å²) in [5.41, 5.74) is 0.994. The summed E-state index contributed by atoms with van der Waals surface area (Å²) in [6.45, 7) is 7.63. The van der Waals surface area contributed by atoms with E-state index < -0.39 is 0 Å². The number of nitrogens with zero attached hydrogens (tertiary/aromatic N) is 3. The second-order valence-corrected chi connectivity index (χ2v) is 7.13. The second kappa shape index (κ2) is 11.3. The van der Waals surface area contributed by atoms with Gasteiger partial charge in [0, 0.05) is 51.7 Å². The van der Waals surface area contributed by atoms with Crippen molar-refractivity contribution in [2.45, 2.75) is 26.3 Å². The number of guanidine groups is 1. The summed E-state index contributed by atoms with van der Waals surface area (Å²) in [4.78, 5) is 11.2. The summed E-state index contributed by atoms with van der Waals surface area (Å²) in [6, 6.07) is 0. The van der Waals surface area contributed by atoms with E-state index in [4.69, 9.17) is 9.47 Å². The second-order valence-electron chi connectivity index (χ2n) is 6.30. The van der Waals surface area contributed by atoms with Crippen LogP contribution in [0, 0.1) is 5.92 Å². The minimum atomic E-state index is 0.581. The normalized spacial score (nSPS) is 17.7. The standard InChI is InChI=1S/C17H31N5O2S/c1-4-18-16(20-10-15-13-25-17(21-15)22(2)3)19-7-5-8-23-11-14-6-9-24-12-14/h13-14H,4-12H2,1-3H3,(H2,18,19,20). The molecule has 7 nitrogen and oxygen atoms in total. The molecule has 8 heteroatoms. The van der Waals surface area contributed by atoms with E-state index in [0.29, 0.717) is 12.5 Å². The van der Waals surface area contributed by atoms with Crippen molar-refractivity contribution in [1.29, 1.82) is 0 Å². The molecule has 1 unspecified atom stereocenters. The van der Waals surface area contributed by atoms with Crippen molar-refractivity contribution in [3.63, 3.8) is 0 Å². The van der Waals surface area contributed by atoms with Gasteiger partial charge in [-0.05, 0) is 19.8 Å². The van der Waals surface area contributed by atoms with Crippen LogP contribution in [0.2, 0.25) is 0 Å². The van der Waals surface area contributed by atoms with Crippen molar-refractivity contribution in [2.24, 2.45) is 10.9 Å². The molecule has 2 rings (SSSR count). The molecule has 1 aliphatic heterocycles. The summed E-state index contributed by atoms with van der Waals surface area (Å²) in [7, 11) is 4.00. The van der Waals surface area contributed by atoms with E-state index >= 15 is 0 Å². The predicted octanol–water partition coefficient (Wildman–Crippen LogP) is 1.71. The quantitative estimate of drug-likeness (QED) is 0.372. The smallest absolute Gasteiger partial charge is 0.191 e. The van der Waals surface area contributed by atoms with Crippen molar-refractivity contribution < 1.29 is 9.47 Å². The van der Waals surface area contributed by atoms with Gasteiger partial charge in [0.05, 0.1) is 25.5 Å². The van der Waals surface area contributed by atoms with Crippen LogP contribution in [0.5, 0.6) is 0 Å². The fourth-order valence-corrected chi connectivity index (χ4v) is 3.17. The summed E-state index contributed by atoms with van der Waals surface area (Å²) in [5, 5.41) is 9.68. The Labute approximate surface area is 154 Å². The molecule has 1 aromatic rings. The lowest BCUT2D eigenvalue weighted by molar-refractivity contribution is 0.0888. The lowest BCUT2D eigenvalue weighted by Crippen LogP contribution is -2.38. The molecule has 0 aromatic carbocycles. The number of aromatic nitrogens is 1. The first-order chi connectivity index (χ1) is 12.2. The van der Waals surface area contributed by atoms with Gasteiger partial charge in [0.25, 0.3) is 0 Å². The maximum atomic E-state index is 5.72. The number of thiazole rings is 1. The van der Waals surface area contributed by atoms with Crippen molar-refractivity contribution >= 4 is 22.4 Å². The molecular formula is C17H31N5O2S. The minimum absolute atomic E-state index is 0.581. The van der Waals surface area contributed by atoms with Crippen LogP contribution in [-0.2, 0) is 16.0 Å². The van der Waals surface area contributed by atoms with Gasteiger partial charge < -0.3 is 25.0 Å². The van der Waals surface area contributed by atoms with E-state index in [9.17, 15) is 0 Å². The lowest BCUT2D eigenvalue weighted by Gasteiger charge is -2.12. The Kier molecular flexibility index (Phi) is 8.99. The Morgan fingerprint density at radius 2 is 2.36 bits per heavy atom. The first kappa shape index (κ1) is 19.9. The third-order valence-electron chi connectivity index (χ3n) is 3.80. The number of aliphatic imine (C=N–C) groups is 1. The van der Waals surface area contributed by atoms with Crippen LogP contribution in [0.4, 0.5) is 5.13 Å². The van der Waals surface area contributed by atoms with E-state index in [1.54, 1.807) is 11.3 Å². The predicted molar refractivity (Wildman–Crippen MR) is 104 cm³/mol. The topological polar surface area (TPSA) is 71.0 Å². The fourth-order valence-electron chi connectivity index (χ4n) is 2.42. The Bertz CT molecular complexity index is 515. The van der Waals surface area contributed by atoms with E-state index in [2.05, 4.69) is 32.9 Å². The van der Waals surface area contributed by atoms with Gasteiger partial charge >= 0.3 is 0 Å². The zero-order chi connectivity index (χ0) is 17.9. The van der Waals surface area contributed by atoms with Crippen LogP contribution in [0.3, 0.4) is 0 Å². The van der Waals surface area contributed by atoms with Crippen molar-refractivity contribution in [1.82, 2.24) is 15.6 Å². The molecule has 0 bridgehead atoms. The minimum Gasteiger partial charge on any atom is -0.381 e. The maximum absolute atomic E-state index is 5.72. The molecule has 0 aliphatic carbocycles. The molecule has 0 saturated carbocycles. The molecule has 1 atom stereocenters. The lowest BCUT2D eigenvalue weighted by atomic mass is 10.1. The van der Waals surface area contributed by atoms with E-state index in [-0.39, 0.29) is 0 Å². The van der Waals surface area contributed by atoms with Crippen molar-refractivity contribution in [2.75, 3.05) is 58.5 Å².